The Morgan fingerprint density at radius 1 is 1.50 bits per heavy atom. The Hall–Kier alpha value is -0.860. The molecule has 0 aromatic rings. The van der Waals surface area contributed by atoms with Gasteiger partial charge in [0.05, 0.1) is 12.3 Å². The molecule has 1 aliphatic heterocycles. The van der Waals surface area contributed by atoms with Gasteiger partial charge < -0.3 is 4.74 Å². The summed E-state index contributed by atoms with van der Waals surface area (Å²) in [6.07, 6.45) is 0.260. The number of hydrogen-bond acceptors (Lipinski definition) is 3. The number of carbonyl (C=O) groups is 2. The van der Waals surface area contributed by atoms with E-state index in [-0.39, 0.29) is 36.1 Å². The topological polar surface area (TPSA) is 43.4 Å². The molecule has 0 N–H and O–H groups in total. The van der Waals surface area contributed by atoms with Gasteiger partial charge >= 0.3 is 5.97 Å². The van der Waals surface area contributed by atoms with Crippen molar-refractivity contribution in [1.29, 1.82) is 0 Å². The Balaban J connectivity index is 2.61. The van der Waals surface area contributed by atoms with Crippen LogP contribution in [0.25, 0.3) is 0 Å². The molecule has 1 fully saturated rings. The minimum absolute atomic E-state index is 0.119. The molecule has 0 amide bonds. The minimum Gasteiger partial charge on any atom is -0.465 e. The fraction of sp³-hybridized carbons (Fsp3) is 0.778. The summed E-state index contributed by atoms with van der Waals surface area (Å²) in [5, 5.41) is 0. The number of Topliss-reactive ketones (excluding diaryl/α,β-unsaturated/α-hetero) is 1. The third kappa shape index (κ3) is 1.84. The second-order valence-electron chi connectivity index (χ2n) is 4.20. The first-order valence-corrected chi connectivity index (χ1v) is 4.11. The third-order valence-electron chi connectivity index (χ3n) is 1.97. The van der Waals surface area contributed by atoms with E-state index in [9.17, 15) is 9.59 Å². The first-order valence-electron chi connectivity index (χ1n) is 4.11. The van der Waals surface area contributed by atoms with Gasteiger partial charge in [0.2, 0.25) is 0 Å². The van der Waals surface area contributed by atoms with Crippen LogP contribution in [0.5, 0.6) is 0 Å². The fourth-order valence-electron chi connectivity index (χ4n) is 1.29. The molecule has 12 heavy (non-hydrogen) atoms. The van der Waals surface area contributed by atoms with E-state index in [2.05, 4.69) is 0 Å². The Morgan fingerprint density at radius 3 is 2.42 bits per heavy atom. The molecule has 0 aromatic carbocycles. The molecule has 1 rings (SSSR count). The highest BCUT2D eigenvalue weighted by atomic mass is 16.5. The van der Waals surface area contributed by atoms with Gasteiger partial charge in [-0.3, -0.25) is 9.59 Å². The largest absolute Gasteiger partial charge is 0.465 e. The van der Waals surface area contributed by atoms with Gasteiger partial charge in [-0.05, 0) is 0 Å². The van der Waals surface area contributed by atoms with Gasteiger partial charge in [-0.1, -0.05) is 20.8 Å². The van der Waals surface area contributed by atoms with E-state index in [1.165, 1.54) is 0 Å². The molecule has 68 valence electrons. The molecule has 3 heteroatoms. The molecule has 1 atom stereocenters. The van der Waals surface area contributed by atoms with Gasteiger partial charge in [0.25, 0.3) is 0 Å². The summed E-state index contributed by atoms with van der Waals surface area (Å²) < 4.78 is 4.72. The van der Waals surface area contributed by atoms with E-state index in [1.54, 1.807) is 0 Å². The highest BCUT2D eigenvalue weighted by Crippen LogP contribution is 2.25. The van der Waals surface area contributed by atoms with Gasteiger partial charge in [-0.25, -0.2) is 0 Å². The first-order chi connectivity index (χ1) is 5.41. The van der Waals surface area contributed by atoms with Crippen molar-refractivity contribution < 1.29 is 14.3 Å². The summed E-state index contributed by atoms with van der Waals surface area (Å²) in [4.78, 5) is 22.3. The van der Waals surface area contributed by atoms with Crippen molar-refractivity contribution in [3.63, 3.8) is 0 Å². The van der Waals surface area contributed by atoms with Crippen molar-refractivity contribution in [2.45, 2.75) is 27.2 Å². The maximum absolute atomic E-state index is 11.6. The zero-order valence-electron chi connectivity index (χ0n) is 7.72. The van der Waals surface area contributed by atoms with E-state index in [1.807, 2.05) is 20.8 Å². The molecular weight excluding hydrogens is 156 g/mol. The van der Waals surface area contributed by atoms with Gasteiger partial charge in [0.15, 0.2) is 0 Å². The van der Waals surface area contributed by atoms with Crippen LogP contribution in [0.3, 0.4) is 0 Å². The van der Waals surface area contributed by atoms with Crippen molar-refractivity contribution in [3.05, 3.63) is 0 Å². The summed E-state index contributed by atoms with van der Waals surface area (Å²) in [5.74, 6) is -0.344. The average Bonchev–Trinajstić information content (AvgIpc) is 2.32. The second kappa shape index (κ2) is 2.88. The van der Waals surface area contributed by atoms with Crippen LogP contribution in [-0.2, 0) is 14.3 Å². The molecule has 0 unspecified atom stereocenters. The highest BCUT2D eigenvalue weighted by Gasteiger charge is 2.35. The molecule has 3 nitrogen and oxygen atoms in total. The summed E-state index contributed by atoms with van der Waals surface area (Å²) >= 11 is 0. The van der Waals surface area contributed by atoms with E-state index in [0.29, 0.717) is 0 Å². The smallest absolute Gasteiger partial charge is 0.306 e. The van der Waals surface area contributed by atoms with Crippen LogP contribution < -0.4 is 0 Å². The molecule has 1 saturated heterocycles. The number of esters is 1. The van der Waals surface area contributed by atoms with Crippen molar-refractivity contribution in [2.24, 2.45) is 11.3 Å². The zero-order valence-corrected chi connectivity index (χ0v) is 7.72. The third-order valence-corrected chi connectivity index (χ3v) is 1.97. The maximum Gasteiger partial charge on any atom is 0.306 e. The molecular formula is C9H14O3. The predicted octanol–water partition coefficient (Wildman–Crippen LogP) is 1.16. The Kier molecular flexibility index (Phi) is 2.22. The second-order valence-corrected chi connectivity index (χ2v) is 4.20. The predicted molar refractivity (Wildman–Crippen MR) is 43.5 cm³/mol. The summed E-state index contributed by atoms with van der Waals surface area (Å²) in [7, 11) is 0. The Labute approximate surface area is 72.1 Å². The SMILES string of the molecule is CC(C)(C)C(=O)[C@@H]1COC(=O)C1. The average molecular weight is 170 g/mol. The normalized spacial score (nSPS) is 23.9. The number of hydrogen-bond donors (Lipinski definition) is 0. The first kappa shape index (κ1) is 9.23. The number of cyclic esters (lactones) is 1. The maximum atomic E-state index is 11.6. The lowest BCUT2D eigenvalue weighted by atomic mass is 9.83. The fourth-order valence-corrected chi connectivity index (χ4v) is 1.29. The summed E-state index contributed by atoms with van der Waals surface area (Å²) in [5.41, 5.74) is -0.362. The van der Waals surface area contributed by atoms with E-state index in [4.69, 9.17) is 4.74 Å². The van der Waals surface area contributed by atoms with E-state index >= 15 is 0 Å². The quantitative estimate of drug-likeness (QED) is 0.555. The summed E-state index contributed by atoms with van der Waals surface area (Å²) in [6.45, 7) is 5.85. The van der Waals surface area contributed by atoms with Gasteiger partial charge in [-0.15, -0.1) is 0 Å². The van der Waals surface area contributed by atoms with E-state index in [0.717, 1.165) is 0 Å². The van der Waals surface area contributed by atoms with Crippen molar-refractivity contribution in [3.8, 4) is 0 Å². The molecule has 0 aromatic heterocycles. The van der Waals surface area contributed by atoms with Crippen LogP contribution in [0.1, 0.15) is 27.2 Å². The van der Waals surface area contributed by atoms with E-state index < -0.39 is 0 Å². The van der Waals surface area contributed by atoms with Gasteiger partial charge in [-0.2, -0.15) is 0 Å². The Morgan fingerprint density at radius 2 is 2.08 bits per heavy atom. The lowest BCUT2D eigenvalue weighted by molar-refractivity contribution is -0.137. The van der Waals surface area contributed by atoms with Crippen molar-refractivity contribution in [1.82, 2.24) is 0 Å². The molecule has 0 saturated carbocycles. The minimum atomic E-state index is -0.362. The van der Waals surface area contributed by atoms with Crippen molar-refractivity contribution >= 4 is 11.8 Å². The summed E-state index contributed by atoms with van der Waals surface area (Å²) in [6, 6.07) is 0. The number of rotatable bonds is 1. The van der Waals surface area contributed by atoms with Crippen LogP contribution in [0.15, 0.2) is 0 Å². The number of ether oxygens (including phenoxy) is 1. The van der Waals surface area contributed by atoms with Gasteiger partial charge in [0, 0.05) is 5.41 Å². The molecule has 0 spiro atoms. The molecule has 0 aliphatic carbocycles. The Bertz CT molecular complexity index is 212. The number of carbonyl (C=O) groups excluding carboxylic acids is 2. The molecule has 0 radical (unpaired) electrons. The van der Waals surface area contributed by atoms with Gasteiger partial charge in [0.1, 0.15) is 12.4 Å². The van der Waals surface area contributed by atoms with Crippen LogP contribution >= 0.6 is 0 Å². The zero-order chi connectivity index (χ0) is 9.35. The van der Waals surface area contributed by atoms with Crippen LogP contribution in [0, 0.1) is 11.3 Å². The standard InChI is InChI=1S/C9H14O3/c1-9(2,3)8(11)6-4-7(10)12-5-6/h6H,4-5H2,1-3H3/t6-/m0/s1. The van der Waals surface area contributed by atoms with Crippen LogP contribution in [0.4, 0.5) is 0 Å². The highest BCUT2D eigenvalue weighted by molar-refractivity contribution is 5.90. The molecule has 1 heterocycles. The van der Waals surface area contributed by atoms with Crippen molar-refractivity contribution in [2.75, 3.05) is 6.61 Å². The van der Waals surface area contributed by atoms with Crippen LogP contribution in [0.2, 0.25) is 0 Å². The lowest BCUT2D eigenvalue weighted by Crippen LogP contribution is -2.28. The monoisotopic (exact) mass is 170 g/mol. The molecule has 1 aliphatic rings. The number of ketones is 1. The molecule has 0 bridgehead atoms. The van der Waals surface area contributed by atoms with Crippen LogP contribution in [-0.4, -0.2) is 18.4 Å². The lowest BCUT2D eigenvalue weighted by Gasteiger charge is -2.19.